The summed E-state index contributed by atoms with van der Waals surface area (Å²) in [6.45, 7) is 1.75. The van der Waals surface area contributed by atoms with Crippen LogP contribution in [0.25, 0.3) is 0 Å². The molecule has 1 aromatic carbocycles. The molecule has 2 N–H and O–H groups in total. The Morgan fingerprint density at radius 1 is 1.29 bits per heavy atom. The van der Waals surface area contributed by atoms with Crippen molar-refractivity contribution in [3.63, 3.8) is 0 Å². The SMILES string of the molecule is Cc1cccc(OCC(=O)NNC(=O)CCl)c1. The van der Waals surface area contributed by atoms with E-state index in [0.717, 1.165) is 5.56 Å². The first-order valence-corrected chi connectivity index (χ1v) is 5.48. The molecule has 1 aromatic rings. The highest BCUT2D eigenvalue weighted by molar-refractivity contribution is 6.27. The molecular weight excluding hydrogens is 244 g/mol. The fourth-order valence-electron chi connectivity index (χ4n) is 1.06. The van der Waals surface area contributed by atoms with Crippen molar-refractivity contribution in [3.8, 4) is 5.75 Å². The molecule has 5 nitrogen and oxygen atoms in total. The number of rotatable bonds is 4. The number of hydrogen-bond acceptors (Lipinski definition) is 3. The zero-order valence-corrected chi connectivity index (χ0v) is 10.1. The van der Waals surface area contributed by atoms with E-state index < -0.39 is 11.8 Å². The second-order valence-electron chi connectivity index (χ2n) is 3.34. The molecule has 0 heterocycles. The van der Waals surface area contributed by atoms with E-state index >= 15 is 0 Å². The molecule has 0 bridgehead atoms. The molecule has 0 aromatic heterocycles. The van der Waals surface area contributed by atoms with E-state index in [1.165, 1.54) is 0 Å². The summed E-state index contributed by atoms with van der Waals surface area (Å²) in [5.41, 5.74) is 5.34. The summed E-state index contributed by atoms with van der Waals surface area (Å²) in [6.07, 6.45) is 0. The molecule has 2 amide bonds. The van der Waals surface area contributed by atoms with Crippen molar-refractivity contribution in [1.29, 1.82) is 0 Å². The maximum atomic E-state index is 11.2. The van der Waals surface area contributed by atoms with Gasteiger partial charge in [-0.2, -0.15) is 0 Å². The second-order valence-corrected chi connectivity index (χ2v) is 3.60. The van der Waals surface area contributed by atoms with Gasteiger partial charge in [0.2, 0.25) is 0 Å². The summed E-state index contributed by atoms with van der Waals surface area (Å²) < 4.78 is 5.22. The highest BCUT2D eigenvalue weighted by atomic mass is 35.5. The predicted octanol–water partition coefficient (Wildman–Crippen LogP) is 0.760. The molecule has 0 aliphatic heterocycles. The lowest BCUT2D eigenvalue weighted by atomic mass is 10.2. The van der Waals surface area contributed by atoms with Crippen LogP contribution in [0, 0.1) is 6.92 Å². The Kier molecular flexibility index (Phi) is 5.29. The lowest BCUT2D eigenvalue weighted by Gasteiger charge is -2.08. The molecule has 6 heteroatoms. The van der Waals surface area contributed by atoms with Gasteiger partial charge in [-0.3, -0.25) is 20.4 Å². The first-order chi connectivity index (χ1) is 8.11. The summed E-state index contributed by atoms with van der Waals surface area (Å²) in [4.78, 5) is 22.0. The van der Waals surface area contributed by atoms with Gasteiger partial charge in [0.05, 0.1) is 0 Å². The van der Waals surface area contributed by atoms with Crippen molar-refractivity contribution >= 4 is 23.4 Å². The van der Waals surface area contributed by atoms with Gasteiger partial charge in [0.15, 0.2) is 6.61 Å². The van der Waals surface area contributed by atoms with Crippen LogP contribution in [0.3, 0.4) is 0 Å². The summed E-state index contributed by atoms with van der Waals surface area (Å²) in [6, 6.07) is 7.31. The van der Waals surface area contributed by atoms with Gasteiger partial charge in [-0.1, -0.05) is 12.1 Å². The molecule has 0 saturated carbocycles. The Balaban J connectivity index is 2.31. The van der Waals surface area contributed by atoms with Crippen molar-refractivity contribution in [2.45, 2.75) is 6.92 Å². The summed E-state index contributed by atoms with van der Waals surface area (Å²) >= 11 is 5.23. The number of carbonyl (C=O) groups excluding carboxylic acids is 2. The molecule has 0 aliphatic rings. The number of hydrogen-bond donors (Lipinski definition) is 2. The van der Waals surface area contributed by atoms with Crippen LogP contribution in [0.5, 0.6) is 5.75 Å². The lowest BCUT2D eigenvalue weighted by molar-refractivity contribution is -0.128. The van der Waals surface area contributed by atoms with E-state index in [0.29, 0.717) is 5.75 Å². The minimum absolute atomic E-state index is 0.175. The third-order valence-corrected chi connectivity index (χ3v) is 2.06. The normalized spacial score (nSPS) is 9.53. The minimum Gasteiger partial charge on any atom is -0.484 e. The first kappa shape index (κ1) is 13.3. The van der Waals surface area contributed by atoms with Crippen molar-refractivity contribution in [2.24, 2.45) is 0 Å². The topological polar surface area (TPSA) is 67.4 Å². The summed E-state index contributed by atoms with van der Waals surface area (Å²) in [7, 11) is 0. The fourth-order valence-corrected chi connectivity index (χ4v) is 1.13. The molecule has 0 aliphatic carbocycles. The van der Waals surface area contributed by atoms with Gasteiger partial charge in [-0.15, -0.1) is 11.6 Å². The average molecular weight is 257 g/mol. The second kappa shape index (κ2) is 6.75. The van der Waals surface area contributed by atoms with E-state index in [9.17, 15) is 9.59 Å². The van der Waals surface area contributed by atoms with Crippen LogP contribution in [0.2, 0.25) is 0 Å². The highest BCUT2D eigenvalue weighted by Gasteiger charge is 2.04. The van der Waals surface area contributed by atoms with Gasteiger partial charge in [-0.25, -0.2) is 0 Å². The average Bonchev–Trinajstić information content (AvgIpc) is 2.33. The van der Waals surface area contributed by atoms with Gasteiger partial charge in [0, 0.05) is 0 Å². The van der Waals surface area contributed by atoms with Crippen molar-refractivity contribution < 1.29 is 14.3 Å². The monoisotopic (exact) mass is 256 g/mol. The Labute approximate surface area is 104 Å². The van der Waals surface area contributed by atoms with Crippen LogP contribution in [0.4, 0.5) is 0 Å². The number of alkyl halides is 1. The Morgan fingerprint density at radius 3 is 2.65 bits per heavy atom. The third-order valence-electron chi connectivity index (χ3n) is 1.82. The maximum absolute atomic E-state index is 11.2. The molecule has 0 atom stereocenters. The van der Waals surface area contributed by atoms with Crippen LogP contribution < -0.4 is 15.6 Å². The number of amides is 2. The molecule has 1 rings (SSSR count). The van der Waals surface area contributed by atoms with E-state index in [-0.39, 0.29) is 12.5 Å². The standard InChI is InChI=1S/C11H13ClN2O3/c1-8-3-2-4-9(5-8)17-7-11(16)14-13-10(15)6-12/h2-5H,6-7H2,1H3,(H,13,15)(H,14,16). The first-order valence-electron chi connectivity index (χ1n) is 4.95. The number of carbonyl (C=O) groups is 2. The van der Waals surface area contributed by atoms with Crippen LogP contribution >= 0.6 is 11.6 Å². The third kappa shape index (κ3) is 5.21. The van der Waals surface area contributed by atoms with E-state index in [1.54, 1.807) is 6.07 Å². The summed E-state index contributed by atoms with van der Waals surface area (Å²) in [5, 5.41) is 0. The quantitative estimate of drug-likeness (QED) is 0.617. The molecule has 0 fully saturated rings. The molecule has 17 heavy (non-hydrogen) atoms. The minimum atomic E-state index is -0.476. The van der Waals surface area contributed by atoms with Gasteiger partial charge >= 0.3 is 0 Å². The zero-order chi connectivity index (χ0) is 12.7. The predicted molar refractivity (Wildman–Crippen MR) is 63.7 cm³/mol. The smallest absolute Gasteiger partial charge is 0.276 e. The van der Waals surface area contributed by atoms with E-state index in [1.807, 2.05) is 25.1 Å². The molecule has 0 spiro atoms. The van der Waals surface area contributed by atoms with Crippen LogP contribution in [0.1, 0.15) is 5.56 Å². The van der Waals surface area contributed by atoms with Crippen LogP contribution in [-0.4, -0.2) is 24.3 Å². The number of halogens is 1. The summed E-state index contributed by atoms with van der Waals surface area (Å²) in [5.74, 6) is -0.539. The number of nitrogens with one attached hydrogen (secondary N) is 2. The molecular formula is C11H13ClN2O3. The zero-order valence-electron chi connectivity index (χ0n) is 9.33. The van der Waals surface area contributed by atoms with Crippen LogP contribution in [0.15, 0.2) is 24.3 Å². The molecule has 0 saturated heterocycles. The van der Waals surface area contributed by atoms with Gasteiger partial charge < -0.3 is 4.74 Å². The van der Waals surface area contributed by atoms with Gasteiger partial charge in [0.1, 0.15) is 11.6 Å². The number of hydrazine groups is 1. The molecule has 92 valence electrons. The molecule has 0 radical (unpaired) electrons. The Hall–Kier alpha value is -1.75. The highest BCUT2D eigenvalue weighted by Crippen LogP contribution is 2.11. The van der Waals surface area contributed by atoms with E-state index in [4.69, 9.17) is 16.3 Å². The lowest BCUT2D eigenvalue weighted by Crippen LogP contribution is -2.44. The van der Waals surface area contributed by atoms with Gasteiger partial charge in [0.25, 0.3) is 11.8 Å². The maximum Gasteiger partial charge on any atom is 0.276 e. The van der Waals surface area contributed by atoms with Gasteiger partial charge in [-0.05, 0) is 24.6 Å². The number of ether oxygens (including phenoxy) is 1. The largest absolute Gasteiger partial charge is 0.484 e. The number of benzene rings is 1. The van der Waals surface area contributed by atoms with Crippen molar-refractivity contribution in [2.75, 3.05) is 12.5 Å². The molecule has 0 unspecified atom stereocenters. The van der Waals surface area contributed by atoms with E-state index in [2.05, 4.69) is 10.9 Å². The van der Waals surface area contributed by atoms with Crippen LogP contribution in [-0.2, 0) is 9.59 Å². The Morgan fingerprint density at radius 2 is 2.00 bits per heavy atom. The van der Waals surface area contributed by atoms with Crippen molar-refractivity contribution in [1.82, 2.24) is 10.9 Å². The number of aryl methyl sites for hydroxylation is 1. The van der Waals surface area contributed by atoms with Crippen molar-refractivity contribution in [3.05, 3.63) is 29.8 Å². The fraction of sp³-hybridized carbons (Fsp3) is 0.273. The Bertz CT molecular complexity index is 409.